The number of amides is 1. The normalized spacial score (nSPS) is 17.8. The van der Waals surface area contributed by atoms with Crippen LogP contribution in [0, 0.1) is 5.92 Å². The Bertz CT molecular complexity index is 670. The first-order valence-corrected chi connectivity index (χ1v) is 8.14. The van der Waals surface area contributed by atoms with E-state index in [0.717, 1.165) is 17.7 Å². The quantitative estimate of drug-likeness (QED) is 0.862. The summed E-state index contributed by atoms with van der Waals surface area (Å²) in [6.07, 6.45) is 1.83. The van der Waals surface area contributed by atoms with E-state index in [1.54, 1.807) is 4.90 Å². The van der Waals surface area contributed by atoms with E-state index in [4.69, 9.17) is 9.84 Å². The SMILES string of the molecule is CC(C)C1CN(C(=O)C=CC(=O)O)c2cccc(C(C)(C)C)c2O1. The molecule has 0 bridgehead atoms. The Morgan fingerprint density at radius 1 is 1.29 bits per heavy atom. The van der Waals surface area contributed by atoms with Gasteiger partial charge in [-0.1, -0.05) is 46.8 Å². The van der Waals surface area contributed by atoms with Crippen LogP contribution in [0.3, 0.4) is 0 Å². The molecule has 0 spiro atoms. The van der Waals surface area contributed by atoms with Crippen molar-refractivity contribution < 1.29 is 19.4 Å². The van der Waals surface area contributed by atoms with Crippen molar-refractivity contribution in [2.45, 2.75) is 46.1 Å². The molecule has 1 amide bonds. The predicted molar refractivity (Wildman–Crippen MR) is 93.5 cm³/mol. The van der Waals surface area contributed by atoms with Gasteiger partial charge in [-0.3, -0.25) is 4.79 Å². The predicted octanol–water partition coefficient (Wildman–Crippen LogP) is 3.37. The molecule has 1 aromatic carbocycles. The Morgan fingerprint density at radius 3 is 2.50 bits per heavy atom. The number of ether oxygens (including phenoxy) is 1. The number of aliphatic carboxylic acids is 1. The summed E-state index contributed by atoms with van der Waals surface area (Å²) in [6.45, 7) is 10.8. The van der Waals surface area contributed by atoms with Crippen LogP contribution in [0.2, 0.25) is 0 Å². The van der Waals surface area contributed by atoms with Crippen LogP contribution in [-0.4, -0.2) is 29.6 Å². The van der Waals surface area contributed by atoms with Gasteiger partial charge in [-0.15, -0.1) is 0 Å². The number of benzene rings is 1. The molecule has 1 N–H and O–H groups in total. The van der Waals surface area contributed by atoms with Gasteiger partial charge in [0.1, 0.15) is 11.9 Å². The van der Waals surface area contributed by atoms with Crippen LogP contribution in [0.5, 0.6) is 5.75 Å². The molecule has 1 aliphatic heterocycles. The number of fused-ring (bicyclic) bond motifs is 1. The molecule has 0 aromatic heterocycles. The highest BCUT2D eigenvalue weighted by atomic mass is 16.5. The van der Waals surface area contributed by atoms with E-state index in [-0.39, 0.29) is 23.3 Å². The van der Waals surface area contributed by atoms with Crippen molar-refractivity contribution in [2.24, 2.45) is 5.92 Å². The Kier molecular flexibility index (Phi) is 5.02. The molecule has 0 saturated carbocycles. The Morgan fingerprint density at radius 2 is 1.96 bits per heavy atom. The van der Waals surface area contributed by atoms with E-state index in [0.29, 0.717) is 18.0 Å². The van der Waals surface area contributed by atoms with E-state index in [1.165, 1.54) is 0 Å². The molecular formula is C19H25NO4. The molecule has 24 heavy (non-hydrogen) atoms. The summed E-state index contributed by atoms with van der Waals surface area (Å²) in [5.74, 6) is -0.545. The van der Waals surface area contributed by atoms with Crippen LogP contribution in [0.25, 0.3) is 0 Å². The summed E-state index contributed by atoms with van der Waals surface area (Å²) in [5.41, 5.74) is 1.60. The molecule has 2 rings (SSSR count). The summed E-state index contributed by atoms with van der Waals surface area (Å²) in [5, 5.41) is 8.76. The number of hydrogen-bond donors (Lipinski definition) is 1. The second-order valence-electron chi connectivity index (χ2n) is 7.42. The zero-order chi connectivity index (χ0) is 18.1. The van der Waals surface area contributed by atoms with Gasteiger partial charge in [0.15, 0.2) is 0 Å². The lowest BCUT2D eigenvalue weighted by molar-refractivity contribution is -0.131. The fourth-order valence-corrected chi connectivity index (χ4v) is 2.71. The average Bonchev–Trinajstić information content (AvgIpc) is 2.49. The topological polar surface area (TPSA) is 66.8 Å². The van der Waals surface area contributed by atoms with Crippen LogP contribution in [0.15, 0.2) is 30.4 Å². The third-order valence-corrected chi connectivity index (χ3v) is 4.10. The number of hydrogen-bond acceptors (Lipinski definition) is 3. The monoisotopic (exact) mass is 331 g/mol. The second kappa shape index (κ2) is 6.67. The van der Waals surface area contributed by atoms with Gasteiger partial charge in [-0.2, -0.15) is 0 Å². The molecule has 1 unspecified atom stereocenters. The van der Waals surface area contributed by atoms with Crippen LogP contribution >= 0.6 is 0 Å². The van der Waals surface area contributed by atoms with E-state index in [2.05, 4.69) is 20.8 Å². The van der Waals surface area contributed by atoms with Gasteiger partial charge >= 0.3 is 5.97 Å². The molecule has 5 nitrogen and oxygen atoms in total. The van der Waals surface area contributed by atoms with Gasteiger partial charge in [-0.05, 0) is 17.4 Å². The fraction of sp³-hybridized carbons (Fsp3) is 0.474. The van der Waals surface area contributed by atoms with Crippen molar-refractivity contribution in [1.82, 2.24) is 0 Å². The van der Waals surface area contributed by atoms with Gasteiger partial charge in [-0.25, -0.2) is 4.79 Å². The van der Waals surface area contributed by atoms with Gasteiger partial charge in [0.05, 0.1) is 12.2 Å². The largest absolute Gasteiger partial charge is 0.486 e. The minimum atomic E-state index is -1.14. The zero-order valence-corrected chi connectivity index (χ0v) is 14.9. The van der Waals surface area contributed by atoms with Crippen molar-refractivity contribution in [3.63, 3.8) is 0 Å². The van der Waals surface area contributed by atoms with Gasteiger partial charge in [0.25, 0.3) is 5.91 Å². The number of carboxylic acid groups (broad SMARTS) is 1. The Hall–Kier alpha value is -2.30. The van der Waals surface area contributed by atoms with Crippen molar-refractivity contribution in [2.75, 3.05) is 11.4 Å². The molecule has 1 aliphatic rings. The lowest BCUT2D eigenvalue weighted by Gasteiger charge is -2.39. The lowest BCUT2D eigenvalue weighted by atomic mass is 9.85. The van der Waals surface area contributed by atoms with Crippen LogP contribution < -0.4 is 9.64 Å². The lowest BCUT2D eigenvalue weighted by Crippen LogP contribution is -2.45. The van der Waals surface area contributed by atoms with E-state index in [9.17, 15) is 9.59 Å². The number of carbonyl (C=O) groups excluding carboxylic acids is 1. The highest BCUT2D eigenvalue weighted by Gasteiger charge is 2.34. The molecule has 0 saturated heterocycles. The first-order chi connectivity index (χ1) is 11.1. The molecule has 0 fully saturated rings. The summed E-state index contributed by atoms with van der Waals surface area (Å²) in [6, 6.07) is 5.75. The number of anilines is 1. The minimum Gasteiger partial charge on any atom is -0.486 e. The number of para-hydroxylation sites is 1. The molecular weight excluding hydrogens is 306 g/mol. The van der Waals surface area contributed by atoms with Crippen LogP contribution in [0.1, 0.15) is 40.2 Å². The summed E-state index contributed by atoms with van der Waals surface area (Å²) < 4.78 is 6.22. The summed E-state index contributed by atoms with van der Waals surface area (Å²) in [4.78, 5) is 24.8. The molecule has 5 heteroatoms. The van der Waals surface area contributed by atoms with Gasteiger partial charge < -0.3 is 14.7 Å². The van der Waals surface area contributed by atoms with E-state index >= 15 is 0 Å². The zero-order valence-electron chi connectivity index (χ0n) is 14.9. The fourth-order valence-electron chi connectivity index (χ4n) is 2.71. The standard InChI is InChI=1S/C19H25NO4/c1-12(2)15-11-20(16(21)9-10-17(22)23)14-8-6-7-13(18(14)24-15)19(3,4)5/h6-10,12,15H,11H2,1-5H3,(H,22,23). The van der Waals surface area contributed by atoms with Crippen molar-refractivity contribution in [3.8, 4) is 5.75 Å². The van der Waals surface area contributed by atoms with Crippen molar-refractivity contribution in [1.29, 1.82) is 0 Å². The Labute approximate surface area is 142 Å². The molecule has 0 radical (unpaired) electrons. The summed E-state index contributed by atoms with van der Waals surface area (Å²) in [7, 11) is 0. The third-order valence-electron chi connectivity index (χ3n) is 4.10. The average molecular weight is 331 g/mol. The molecule has 0 aliphatic carbocycles. The van der Waals surface area contributed by atoms with Gasteiger partial charge in [0.2, 0.25) is 0 Å². The Balaban J connectivity index is 2.52. The van der Waals surface area contributed by atoms with Crippen LogP contribution in [0.4, 0.5) is 5.69 Å². The van der Waals surface area contributed by atoms with E-state index < -0.39 is 5.97 Å². The maximum atomic E-state index is 12.5. The smallest absolute Gasteiger partial charge is 0.328 e. The molecule has 1 heterocycles. The number of carboxylic acids is 1. The number of nitrogens with zero attached hydrogens (tertiary/aromatic N) is 1. The molecule has 1 aromatic rings. The highest BCUT2D eigenvalue weighted by Crippen LogP contribution is 2.42. The molecule has 1 atom stereocenters. The second-order valence-corrected chi connectivity index (χ2v) is 7.42. The third kappa shape index (κ3) is 3.78. The minimum absolute atomic E-state index is 0.129. The maximum Gasteiger partial charge on any atom is 0.328 e. The highest BCUT2D eigenvalue weighted by molar-refractivity contribution is 6.05. The van der Waals surface area contributed by atoms with Crippen LogP contribution in [-0.2, 0) is 15.0 Å². The van der Waals surface area contributed by atoms with Gasteiger partial charge in [0, 0.05) is 17.7 Å². The molecule has 130 valence electrons. The number of carbonyl (C=O) groups is 2. The van der Waals surface area contributed by atoms with Crippen molar-refractivity contribution in [3.05, 3.63) is 35.9 Å². The number of rotatable bonds is 3. The summed E-state index contributed by atoms with van der Waals surface area (Å²) >= 11 is 0. The van der Waals surface area contributed by atoms with Crippen molar-refractivity contribution >= 4 is 17.6 Å². The maximum absolute atomic E-state index is 12.5. The first-order valence-electron chi connectivity index (χ1n) is 8.14. The first kappa shape index (κ1) is 18.0. The van der Waals surface area contributed by atoms with E-state index in [1.807, 2.05) is 32.0 Å².